The minimum Gasteiger partial charge on any atom is -0.481 e. The molecule has 0 unspecified atom stereocenters. The van der Waals surface area contributed by atoms with E-state index < -0.39 is 4.92 Å². The van der Waals surface area contributed by atoms with Crippen LogP contribution < -0.4 is 10.1 Å². The first kappa shape index (κ1) is 16.6. The molecular formula is C16H17N5O4. The second-order valence-corrected chi connectivity index (χ2v) is 5.63. The number of nitrogens with one attached hydrogen (secondary N) is 1. The summed E-state index contributed by atoms with van der Waals surface area (Å²) in [4.78, 5) is 32.5. The Kier molecular flexibility index (Phi) is 4.73. The lowest BCUT2D eigenvalue weighted by Crippen LogP contribution is -2.31. The van der Waals surface area contributed by atoms with E-state index in [0.717, 1.165) is 6.42 Å². The van der Waals surface area contributed by atoms with Crippen molar-refractivity contribution in [2.45, 2.75) is 12.5 Å². The zero-order valence-electron chi connectivity index (χ0n) is 13.6. The zero-order chi connectivity index (χ0) is 17.8. The largest absolute Gasteiger partial charge is 0.481 e. The molecule has 0 aromatic carbocycles. The molecular weight excluding hydrogens is 326 g/mol. The molecule has 1 fully saturated rings. The predicted octanol–water partition coefficient (Wildman–Crippen LogP) is 1.72. The molecule has 1 amide bonds. The monoisotopic (exact) mass is 343 g/mol. The Balaban J connectivity index is 1.59. The van der Waals surface area contributed by atoms with Crippen LogP contribution in [-0.2, 0) is 0 Å². The molecule has 1 saturated heterocycles. The molecule has 25 heavy (non-hydrogen) atoms. The van der Waals surface area contributed by atoms with Gasteiger partial charge in [0, 0.05) is 37.5 Å². The Morgan fingerprint density at radius 3 is 2.76 bits per heavy atom. The van der Waals surface area contributed by atoms with E-state index in [4.69, 9.17) is 4.74 Å². The molecule has 0 saturated carbocycles. The number of hydrogen-bond acceptors (Lipinski definition) is 7. The maximum Gasteiger partial charge on any atom is 0.287 e. The van der Waals surface area contributed by atoms with Gasteiger partial charge in [0.1, 0.15) is 12.0 Å². The molecule has 1 atom stereocenters. The van der Waals surface area contributed by atoms with Gasteiger partial charge in [-0.3, -0.25) is 14.9 Å². The van der Waals surface area contributed by atoms with E-state index in [1.165, 1.54) is 25.6 Å². The van der Waals surface area contributed by atoms with Gasteiger partial charge in [0.05, 0.1) is 17.6 Å². The summed E-state index contributed by atoms with van der Waals surface area (Å²) >= 11 is 0. The van der Waals surface area contributed by atoms with Crippen molar-refractivity contribution in [3.8, 4) is 5.88 Å². The van der Waals surface area contributed by atoms with Crippen LogP contribution in [-0.4, -0.2) is 51.9 Å². The van der Waals surface area contributed by atoms with Gasteiger partial charge >= 0.3 is 0 Å². The van der Waals surface area contributed by atoms with E-state index in [9.17, 15) is 14.9 Å². The first-order valence-electron chi connectivity index (χ1n) is 7.73. The summed E-state index contributed by atoms with van der Waals surface area (Å²) in [6.45, 7) is 1.15. The summed E-state index contributed by atoms with van der Waals surface area (Å²) in [7, 11) is 1.52. The van der Waals surface area contributed by atoms with Gasteiger partial charge in [-0.2, -0.15) is 0 Å². The van der Waals surface area contributed by atoms with Gasteiger partial charge in [-0.25, -0.2) is 9.97 Å². The van der Waals surface area contributed by atoms with Gasteiger partial charge in [-0.05, 0) is 18.6 Å². The molecule has 0 aliphatic carbocycles. The number of amides is 1. The van der Waals surface area contributed by atoms with Crippen LogP contribution in [0.4, 0.5) is 11.5 Å². The van der Waals surface area contributed by atoms with Crippen LogP contribution in [0, 0.1) is 10.1 Å². The van der Waals surface area contributed by atoms with Crippen molar-refractivity contribution in [3.63, 3.8) is 0 Å². The molecule has 130 valence electrons. The molecule has 9 heteroatoms. The third kappa shape index (κ3) is 3.82. The topological polar surface area (TPSA) is 110 Å². The Hall–Kier alpha value is -3.23. The Morgan fingerprint density at radius 1 is 1.32 bits per heavy atom. The molecule has 0 bridgehead atoms. The first-order valence-corrected chi connectivity index (χ1v) is 7.73. The van der Waals surface area contributed by atoms with E-state index in [1.807, 2.05) is 0 Å². The van der Waals surface area contributed by atoms with Crippen LogP contribution in [0.15, 0.2) is 36.7 Å². The number of likely N-dealkylation sites (tertiary alicyclic amines) is 1. The fourth-order valence-corrected chi connectivity index (χ4v) is 2.66. The number of ether oxygens (including phenoxy) is 1. The quantitative estimate of drug-likeness (QED) is 0.650. The molecule has 0 spiro atoms. The first-order chi connectivity index (χ1) is 12.1. The Labute approximate surface area is 143 Å². The fraction of sp³-hybridized carbons (Fsp3) is 0.312. The molecule has 3 heterocycles. The summed E-state index contributed by atoms with van der Waals surface area (Å²) in [5.41, 5.74) is 0.454. The van der Waals surface area contributed by atoms with Gasteiger partial charge in [0.25, 0.3) is 11.6 Å². The summed E-state index contributed by atoms with van der Waals surface area (Å²) in [5, 5.41) is 13.8. The van der Waals surface area contributed by atoms with Crippen LogP contribution in [0.5, 0.6) is 5.88 Å². The zero-order valence-corrected chi connectivity index (χ0v) is 13.6. The smallest absolute Gasteiger partial charge is 0.287 e. The number of aromatic nitrogens is 2. The average Bonchev–Trinajstić information content (AvgIpc) is 3.10. The maximum absolute atomic E-state index is 12.5. The molecule has 9 nitrogen and oxygen atoms in total. The second-order valence-electron chi connectivity index (χ2n) is 5.63. The second kappa shape index (κ2) is 7.12. The molecule has 2 aromatic rings. The highest BCUT2D eigenvalue weighted by Crippen LogP contribution is 2.19. The van der Waals surface area contributed by atoms with Gasteiger partial charge in [0.15, 0.2) is 0 Å². The molecule has 3 rings (SSSR count). The van der Waals surface area contributed by atoms with E-state index >= 15 is 0 Å². The summed E-state index contributed by atoms with van der Waals surface area (Å²) < 4.78 is 4.99. The Bertz CT molecular complexity index is 763. The van der Waals surface area contributed by atoms with E-state index in [2.05, 4.69) is 15.3 Å². The van der Waals surface area contributed by atoms with Crippen LogP contribution in [0.25, 0.3) is 0 Å². The van der Waals surface area contributed by atoms with Gasteiger partial charge in [-0.15, -0.1) is 0 Å². The van der Waals surface area contributed by atoms with Crippen molar-refractivity contribution in [1.82, 2.24) is 14.9 Å². The number of nitro groups is 1. The highest BCUT2D eigenvalue weighted by molar-refractivity contribution is 5.94. The average molecular weight is 343 g/mol. The number of rotatable bonds is 5. The fourth-order valence-electron chi connectivity index (χ4n) is 2.66. The van der Waals surface area contributed by atoms with E-state index in [1.54, 1.807) is 23.1 Å². The van der Waals surface area contributed by atoms with Crippen molar-refractivity contribution in [2.75, 3.05) is 25.5 Å². The SMILES string of the molecule is COc1ccc(C(=O)N2CC[C@H](Nc3ccc([N+](=O)[O-])cn3)C2)cn1. The van der Waals surface area contributed by atoms with Crippen LogP contribution in [0.1, 0.15) is 16.8 Å². The number of anilines is 1. The molecule has 1 aliphatic rings. The lowest BCUT2D eigenvalue weighted by Gasteiger charge is -2.17. The summed E-state index contributed by atoms with van der Waals surface area (Å²) in [6, 6.07) is 6.35. The normalized spacial score (nSPS) is 16.5. The van der Waals surface area contributed by atoms with E-state index in [0.29, 0.717) is 30.4 Å². The predicted molar refractivity (Wildman–Crippen MR) is 89.6 cm³/mol. The van der Waals surface area contributed by atoms with Crippen molar-refractivity contribution in [1.29, 1.82) is 0 Å². The summed E-state index contributed by atoms with van der Waals surface area (Å²) in [6.07, 6.45) is 3.48. The van der Waals surface area contributed by atoms with Crippen LogP contribution in [0.3, 0.4) is 0 Å². The number of carbonyl (C=O) groups is 1. The van der Waals surface area contributed by atoms with Gasteiger partial charge < -0.3 is 15.0 Å². The standard InChI is InChI=1S/C16H17N5O4/c1-25-15-5-2-11(8-18-15)16(22)20-7-6-12(10-20)19-14-4-3-13(9-17-14)21(23)24/h2-5,8-9,12H,6-7,10H2,1H3,(H,17,19)/t12-/m0/s1. The molecule has 1 N–H and O–H groups in total. The third-order valence-electron chi connectivity index (χ3n) is 3.98. The molecule has 1 aliphatic heterocycles. The number of methoxy groups -OCH3 is 1. The van der Waals surface area contributed by atoms with Gasteiger partial charge in [0.2, 0.25) is 5.88 Å². The third-order valence-corrected chi connectivity index (χ3v) is 3.98. The maximum atomic E-state index is 12.5. The highest BCUT2D eigenvalue weighted by atomic mass is 16.6. The van der Waals surface area contributed by atoms with Crippen molar-refractivity contribution >= 4 is 17.4 Å². The molecule has 2 aromatic heterocycles. The number of carbonyl (C=O) groups excluding carboxylic acids is 1. The van der Waals surface area contributed by atoms with Crippen LogP contribution in [0.2, 0.25) is 0 Å². The van der Waals surface area contributed by atoms with Gasteiger partial charge in [-0.1, -0.05) is 0 Å². The minimum atomic E-state index is -0.490. The lowest BCUT2D eigenvalue weighted by molar-refractivity contribution is -0.385. The van der Waals surface area contributed by atoms with E-state index in [-0.39, 0.29) is 17.6 Å². The number of nitrogens with zero attached hydrogens (tertiary/aromatic N) is 4. The number of hydrogen-bond donors (Lipinski definition) is 1. The van der Waals surface area contributed by atoms with Crippen molar-refractivity contribution in [2.24, 2.45) is 0 Å². The lowest BCUT2D eigenvalue weighted by atomic mass is 10.2. The highest BCUT2D eigenvalue weighted by Gasteiger charge is 2.27. The van der Waals surface area contributed by atoms with Crippen molar-refractivity contribution < 1.29 is 14.5 Å². The minimum absolute atomic E-state index is 0.0455. The Morgan fingerprint density at radius 2 is 2.16 bits per heavy atom. The van der Waals surface area contributed by atoms with Crippen molar-refractivity contribution in [3.05, 3.63) is 52.3 Å². The summed E-state index contributed by atoms with van der Waals surface area (Å²) in [5.74, 6) is 0.925. The number of pyridine rings is 2. The molecule has 0 radical (unpaired) electrons. The van der Waals surface area contributed by atoms with Crippen LogP contribution >= 0.6 is 0 Å².